The minimum Gasteiger partial charge on any atom is -0.267 e. The molecule has 3 nitrogen and oxygen atoms in total. The summed E-state index contributed by atoms with van der Waals surface area (Å²) in [6, 6.07) is 0. The van der Waals surface area contributed by atoms with Gasteiger partial charge >= 0.3 is 6.18 Å². The Hall–Kier alpha value is -1.33. The molecule has 1 heterocycles. The number of halogens is 3. The van der Waals surface area contributed by atoms with Crippen LogP contribution >= 0.6 is 0 Å². The van der Waals surface area contributed by atoms with Crippen LogP contribution in [-0.4, -0.2) is 17.9 Å². The van der Waals surface area contributed by atoms with E-state index in [1.807, 2.05) is 0 Å². The van der Waals surface area contributed by atoms with Gasteiger partial charge in [-0.15, -0.1) is 0 Å². The number of hydrogen-bond donors (Lipinski definition) is 0. The second kappa shape index (κ2) is 3.81. The Bertz CT molecular complexity index is 304. The predicted octanol–water partition coefficient (Wildman–Crippen LogP) is 1.78. The van der Waals surface area contributed by atoms with Gasteiger partial charge in [-0.05, 0) is 6.42 Å². The third-order valence-electron chi connectivity index (χ3n) is 1.51. The highest BCUT2D eigenvalue weighted by Gasteiger charge is 2.36. The SMILES string of the molecule is CCCC1=NC(C(F)(F)F)=CC(=O)[N]1. The second-order valence-corrected chi connectivity index (χ2v) is 2.76. The first-order valence-electron chi connectivity index (χ1n) is 4.05. The lowest BCUT2D eigenvalue weighted by atomic mass is 10.2. The van der Waals surface area contributed by atoms with E-state index >= 15 is 0 Å². The van der Waals surface area contributed by atoms with Crippen molar-refractivity contribution in [2.24, 2.45) is 4.99 Å². The van der Waals surface area contributed by atoms with Crippen molar-refractivity contribution in [1.82, 2.24) is 5.32 Å². The van der Waals surface area contributed by atoms with Crippen LogP contribution in [0, 0.1) is 0 Å². The molecule has 0 saturated carbocycles. The first-order valence-corrected chi connectivity index (χ1v) is 4.05. The van der Waals surface area contributed by atoms with Crippen LogP contribution in [0.15, 0.2) is 16.8 Å². The maximum absolute atomic E-state index is 12.2. The van der Waals surface area contributed by atoms with Crippen LogP contribution in [0.4, 0.5) is 13.2 Å². The zero-order valence-corrected chi connectivity index (χ0v) is 7.43. The molecule has 77 valence electrons. The van der Waals surface area contributed by atoms with Crippen LogP contribution in [0.25, 0.3) is 0 Å². The summed E-state index contributed by atoms with van der Waals surface area (Å²) in [6.07, 6.45) is -3.30. The number of amides is 1. The Labute approximate surface area is 78.7 Å². The molecule has 0 aliphatic carbocycles. The number of allylic oxidation sites excluding steroid dienone is 1. The van der Waals surface area contributed by atoms with E-state index in [0.29, 0.717) is 12.5 Å². The number of nitrogens with zero attached hydrogens (tertiary/aromatic N) is 2. The molecule has 0 unspecified atom stereocenters. The number of hydrogen-bond acceptors (Lipinski definition) is 2. The first kappa shape index (κ1) is 10.7. The smallest absolute Gasteiger partial charge is 0.267 e. The molecule has 1 aliphatic rings. The van der Waals surface area contributed by atoms with Crippen molar-refractivity contribution in [2.75, 3.05) is 0 Å². The van der Waals surface area contributed by atoms with E-state index in [2.05, 4.69) is 10.3 Å². The Morgan fingerprint density at radius 2 is 2.07 bits per heavy atom. The maximum Gasteiger partial charge on any atom is 0.433 e. The number of alkyl halides is 3. The van der Waals surface area contributed by atoms with Gasteiger partial charge in [-0.1, -0.05) is 6.92 Å². The van der Waals surface area contributed by atoms with Crippen molar-refractivity contribution >= 4 is 11.7 Å². The maximum atomic E-state index is 12.2. The molecule has 1 aliphatic heterocycles. The molecular formula is C8H8F3N2O. The third kappa shape index (κ3) is 2.58. The standard InChI is InChI=1S/C8H8F3N2O/c1-2-3-6-12-5(8(9,10)11)4-7(14)13-6/h4H,2-3H2,1H3. The fraction of sp³-hybridized carbons (Fsp3) is 0.500. The van der Waals surface area contributed by atoms with Gasteiger partial charge in [-0.2, -0.15) is 18.5 Å². The minimum atomic E-state index is -4.58. The summed E-state index contributed by atoms with van der Waals surface area (Å²) >= 11 is 0. The number of carbonyl (C=O) groups excluding carboxylic acids is 1. The molecule has 6 heteroatoms. The molecule has 1 amide bonds. The third-order valence-corrected chi connectivity index (χ3v) is 1.51. The molecule has 0 aromatic heterocycles. The molecule has 14 heavy (non-hydrogen) atoms. The van der Waals surface area contributed by atoms with Gasteiger partial charge in [-0.3, -0.25) is 4.79 Å². The lowest BCUT2D eigenvalue weighted by Gasteiger charge is -2.13. The molecule has 0 spiro atoms. The molecular weight excluding hydrogens is 197 g/mol. The number of rotatable bonds is 2. The van der Waals surface area contributed by atoms with Gasteiger partial charge in [0.15, 0.2) is 5.70 Å². The Morgan fingerprint density at radius 3 is 2.57 bits per heavy atom. The highest BCUT2D eigenvalue weighted by Crippen LogP contribution is 2.27. The summed E-state index contributed by atoms with van der Waals surface area (Å²) in [5.74, 6) is -0.942. The summed E-state index contributed by atoms with van der Waals surface area (Å²) in [5, 5.41) is 3.37. The van der Waals surface area contributed by atoms with Crippen molar-refractivity contribution in [3.8, 4) is 0 Å². The van der Waals surface area contributed by atoms with Crippen molar-refractivity contribution in [3.05, 3.63) is 11.8 Å². The Balaban J connectivity index is 2.90. The summed E-state index contributed by atoms with van der Waals surface area (Å²) in [4.78, 5) is 14.0. The summed E-state index contributed by atoms with van der Waals surface area (Å²) in [7, 11) is 0. The fourth-order valence-electron chi connectivity index (χ4n) is 0.953. The van der Waals surface area contributed by atoms with Gasteiger partial charge in [0.05, 0.1) is 0 Å². The molecule has 0 bridgehead atoms. The highest BCUT2D eigenvalue weighted by molar-refractivity contribution is 6.05. The van der Waals surface area contributed by atoms with Crippen LogP contribution in [-0.2, 0) is 4.79 Å². The monoisotopic (exact) mass is 205 g/mol. The zero-order valence-electron chi connectivity index (χ0n) is 7.43. The Kier molecular flexibility index (Phi) is 2.93. The lowest BCUT2D eigenvalue weighted by molar-refractivity contribution is -0.117. The summed E-state index contributed by atoms with van der Waals surface area (Å²) in [5.41, 5.74) is -1.17. The van der Waals surface area contributed by atoms with Gasteiger partial charge in [0, 0.05) is 12.5 Å². The van der Waals surface area contributed by atoms with E-state index in [1.165, 1.54) is 0 Å². The molecule has 1 radical (unpaired) electrons. The fourth-order valence-corrected chi connectivity index (χ4v) is 0.953. The second-order valence-electron chi connectivity index (χ2n) is 2.76. The summed E-state index contributed by atoms with van der Waals surface area (Å²) in [6.45, 7) is 1.77. The molecule has 0 atom stereocenters. The van der Waals surface area contributed by atoms with E-state index in [-0.39, 0.29) is 12.3 Å². The normalized spacial score (nSPS) is 17.3. The molecule has 0 N–H and O–H groups in total. The van der Waals surface area contributed by atoms with Crippen LogP contribution < -0.4 is 5.32 Å². The molecule has 0 saturated heterocycles. The van der Waals surface area contributed by atoms with Gasteiger partial charge in [0.25, 0.3) is 5.91 Å². The number of carbonyl (C=O) groups is 1. The molecule has 0 aromatic carbocycles. The average Bonchev–Trinajstić information content (AvgIpc) is 2.02. The number of aliphatic imine (C=N–C) groups is 1. The zero-order chi connectivity index (χ0) is 10.8. The van der Waals surface area contributed by atoms with E-state index in [9.17, 15) is 18.0 Å². The molecule has 0 aromatic rings. The molecule has 0 fully saturated rings. The topological polar surface area (TPSA) is 43.5 Å². The van der Waals surface area contributed by atoms with E-state index in [1.54, 1.807) is 6.92 Å². The van der Waals surface area contributed by atoms with E-state index < -0.39 is 17.8 Å². The van der Waals surface area contributed by atoms with Crippen LogP contribution in [0.2, 0.25) is 0 Å². The summed E-state index contributed by atoms with van der Waals surface area (Å²) < 4.78 is 36.5. The van der Waals surface area contributed by atoms with Crippen molar-refractivity contribution in [1.29, 1.82) is 0 Å². The molecule has 1 rings (SSSR count). The van der Waals surface area contributed by atoms with Crippen LogP contribution in [0.1, 0.15) is 19.8 Å². The average molecular weight is 205 g/mol. The van der Waals surface area contributed by atoms with E-state index in [4.69, 9.17) is 0 Å². The minimum absolute atomic E-state index is 0.0488. The lowest BCUT2D eigenvalue weighted by Crippen LogP contribution is -2.28. The number of amidine groups is 1. The largest absolute Gasteiger partial charge is 0.433 e. The first-order chi connectivity index (χ1) is 6.43. The van der Waals surface area contributed by atoms with Crippen molar-refractivity contribution in [2.45, 2.75) is 25.9 Å². The highest BCUT2D eigenvalue weighted by atomic mass is 19.4. The predicted molar refractivity (Wildman–Crippen MR) is 43.6 cm³/mol. The quantitative estimate of drug-likeness (QED) is 0.677. The van der Waals surface area contributed by atoms with Crippen LogP contribution in [0.5, 0.6) is 0 Å². The Morgan fingerprint density at radius 1 is 1.43 bits per heavy atom. The van der Waals surface area contributed by atoms with Gasteiger partial charge < -0.3 is 0 Å². The van der Waals surface area contributed by atoms with Gasteiger partial charge in [0.1, 0.15) is 5.84 Å². The van der Waals surface area contributed by atoms with Crippen molar-refractivity contribution < 1.29 is 18.0 Å². The van der Waals surface area contributed by atoms with Gasteiger partial charge in [0.2, 0.25) is 0 Å². The van der Waals surface area contributed by atoms with Gasteiger partial charge in [-0.25, -0.2) is 4.99 Å². The van der Waals surface area contributed by atoms with Crippen molar-refractivity contribution in [3.63, 3.8) is 0 Å². The van der Waals surface area contributed by atoms with Crippen LogP contribution in [0.3, 0.4) is 0 Å². The van der Waals surface area contributed by atoms with E-state index in [0.717, 1.165) is 0 Å².